The molecule has 352 valence electrons. The number of nitrogens with one attached hydrogen (secondary N) is 3. The Morgan fingerprint density at radius 2 is 1.73 bits per heavy atom. The number of hydrogen-bond acceptors (Lipinski definition) is 12. The average Bonchev–Trinajstić information content (AvgIpc) is 4.11. The van der Waals surface area contributed by atoms with Crippen LogP contribution in [0.3, 0.4) is 0 Å². The number of sulfonamides is 1. The molecule has 1 aromatic heterocycles. The highest BCUT2D eigenvalue weighted by molar-refractivity contribution is 7.91. The number of methoxy groups -OCH3 is 1. The summed E-state index contributed by atoms with van der Waals surface area (Å²) in [5.74, 6) is -2.86. The number of hydrogen-bond donors (Lipinski definition) is 3. The maximum Gasteiger partial charge on any atom is 0.427 e. The number of amides is 4. The van der Waals surface area contributed by atoms with E-state index < -0.39 is 85.9 Å². The Morgan fingerprint density at radius 3 is 2.39 bits per heavy atom. The Kier molecular flexibility index (Phi) is 12.9. The van der Waals surface area contributed by atoms with Gasteiger partial charge >= 0.3 is 12.3 Å². The van der Waals surface area contributed by atoms with Crippen LogP contribution in [-0.2, 0) is 29.1 Å². The van der Waals surface area contributed by atoms with E-state index in [0.717, 1.165) is 37.3 Å². The first-order valence-electron chi connectivity index (χ1n) is 22.0. The predicted molar refractivity (Wildman–Crippen MR) is 231 cm³/mol. The molecule has 2 aliphatic carbocycles. The van der Waals surface area contributed by atoms with E-state index in [1.54, 1.807) is 39.3 Å². The lowest BCUT2D eigenvalue weighted by atomic mass is 9.88. The van der Waals surface area contributed by atoms with E-state index in [-0.39, 0.29) is 31.2 Å². The molecule has 7 rings (SSSR count). The molecule has 16 nitrogen and oxygen atoms in total. The molecule has 4 heterocycles. The zero-order valence-electron chi connectivity index (χ0n) is 37.4. The number of likely N-dealkylation sites (N-methyl/N-ethyl adjacent to an activating group) is 1. The zero-order chi connectivity index (χ0) is 46.6. The van der Waals surface area contributed by atoms with Crippen molar-refractivity contribution in [1.29, 1.82) is 0 Å². The summed E-state index contributed by atoms with van der Waals surface area (Å²) in [5.41, 5.74) is -3.67. The average molecular weight is 920 g/mol. The van der Waals surface area contributed by atoms with Gasteiger partial charge in [0.1, 0.15) is 29.5 Å². The number of allylic oxidation sites excluding steroid dienone is 1. The van der Waals surface area contributed by atoms with Crippen molar-refractivity contribution < 1.29 is 55.0 Å². The summed E-state index contributed by atoms with van der Waals surface area (Å²) >= 11 is 0. The molecule has 1 aromatic carbocycles. The molecule has 2 saturated carbocycles. The normalized spacial score (nSPS) is 29.6. The van der Waals surface area contributed by atoms with Crippen molar-refractivity contribution in [1.82, 2.24) is 30.1 Å². The fraction of sp³-hybridized carbons (Fsp3) is 0.659. The number of rotatable bonds is 9. The molecule has 4 amide bonds. The number of benzene rings is 1. The highest BCUT2D eigenvalue weighted by Crippen LogP contribution is 2.48. The molecule has 3 aliphatic heterocycles. The Hall–Kier alpha value is -4.85. The van der Waals surface area contributed by atoms with Gasteiger partial charge in [-0.25, -0.2) is 18.2 Å². The van der Waals surface area contributed by atoms with Gasteiger partial charge in [0.15, 0.2) is 0 Å². The van der Waals surface area contributed by atoms with Gasteiger partial charge in [0.05, 0.1) is 30.3 Å². The fourth-order valence-corrected chi connectivity index (χ4v) is 10.2. The first kappa shape index (κ1) is 47.1. The van der Waals surface area contributed by atoms with E-state index in [9.17, 15) is 40.8 Å². The van der Waals surface area contributed by atoms with Gasteiger partial charge in [-0.15, -0.1) is 0 Å². The Balaban J connectivity index is 1.24. The first-order valence-corrected chi connectivity index (χ1v) is 23.4. The van der Waals surface area contributed by atoms with Crippen LogP contribution in [-0.4, -0.2) is 134 Å². The number of fused-ring (bicyclic) bond motifs is 3. The topological polar surface area (TPSA) is 189 Å². The Bertz CT molecular complexity index is 2280. The van der Waals surface area contributed by atoms with E-state index in [2.05, 4.69) is 32.2 Å². The van der Waals surface area contributed by atoms with Crippen LogP contribution in [0.2, 0.25) is 0 Å². The lowest BCUT2D eigenvalue weighted by molar-refractivity contribution is -0.244. The van der Waals surface area contributed by atoms with E-state index in [1.165, 1.54) is 4.90 Å². The minimum atomic E-state index is -4.92. The summed E-state index contributed by atoms with van der Waals surface area (Å²) in [6.07, 6.45) is 0.365. The highest BCUT2D eigenvalue weighted by Gasteiger charge is 2.63. The maximum absolute atomic E-state index is 14.9. The molecule has 0 spiro atoms. The van der Waals surface area contributed by atoms with Crippen molar-refractivity contribution in [2.75, 3.05) is 51.8 Å². The van der Waals surface area contributed by atoms with Crippen LogP contribution in [0, 0.1) is 17.8 Å². The number of ether oxygens (including phenoxy) is 3. The van der Waals surface area contributed by atoms with Gasteiger partial charge in [-0.1, -0.05) is 26.0 Å². The van der Waals surface area contributed by atoms with Gasteiger partial charge in [-0.05, 0) is 96.4 Å². The number of carbonyl (C=O) groups is 4. The van der Waals surface area contributed by atoms with E-state index >= 15 is 0 Å². The SMILES string of the molecule is COc1ccc2c(O[C@@H]3C[C@H]4C(=O)N[C@]5(C(=O)NS(=O)(=O)C6(C)CC6)C[C@H]5/C=C\CC[C@@H](C)C[C@@H](C)[C@H](NC(=O)OC(C)(C)C(F)(F)F)C(=O)N4C3)ncc(N3CCN(C)CC3)c2c1. The van der Waals surface area contributed by atoms with Gasteiger partial charge in [0.25, 0.3) is 5.91 Å². The maximum atomic E-state index is 14.9. The number of alkyl carbamates (subject to hydrolysis) is 1. The van der Waals surface area contributed by atoms with E-state index in [4.69, 9.17) is 19.2 Å². The molecule has 0 radical (unpaired) electrons. The van der Waals surface area contributed by atoms with Crippen molar-refractivity contribution in [3.05, 3.63) is 36.5 Å². The highest BCUT2D eigenvalue weighted by atomic mass is 32.2. The summed E-state index contributed by atoms with van der Waals surface area (Å²) in [6, 6.07) is 2.70. The molecule has 4 fully saturated rings. The zero-order valence-corrected chi connectivity index (χ0v) is 38.2. The Morgan fingerprint density at radius 1 is 1.03 bits per heavy atom. The van der Waals surface area contributed by atoms with Crippen LogP contribution in [0.1, 0.15) is 79.6 Å². The second-order valence-corrected chi connectivity index (χ2v) is 21.3. The van der Waals surface area contributed by atoms with E-state index in [1.807, 2.05) is 25.1 Å². The minimum Gasteiger partial charge on any atom is -0.497 e. The largest absolute Gasteiger partial charge is 0.497 e. The Labute approximate surface area is 372 Å². The van der Waals surface area contributed by atoms with Gasteiger partial charge < -0.3 is 39.5 Å². The van der Waals surface area contributed by atoms with Gasteiger partial charge in [0.2, 0.25) is 33.3 Å². The van der Waals surface area contributed by atoms with Gasteiger partial charge in [-0.3, -0.25) is 19.1 Å². The second kappa shape index (κ2) is 17.5. The van der Waals surface area contributed by atoms with E-state index in [0.29, 0.717) is 57.1 Å². The number of carbonyl (C=O) groups excluding carboxylic acids is 4. The first-order chi connectivity index (χ1) is 30.0. The summed E-state index contributed by atoms with van der Waals surface area (Å²) in [6.45, 7) is 9.59. The summed E-state index contributed by atoms with van der Waals surface area (Å²) in [7, 11) is -0.467. The number of pyridine rings is 1. The smallest absolute Gasteiger partial charge is 0.427 e. The third kappa shape index (κ3) is 9.58. The van der Waals surface area contributed by atoms with Crippen LogP contribution >= 0.6 is 0 Å². The summed E-state index contributed by atoms with van der Waals surface area (Å²) < 4.78 is 86.2. The molecule has 2 saturated heterocycles. The van der Waals surface area contributed by atoms with Crippen molar-refractivity contribution in [3.63, 3.8) is 0 Å². The molecule has 20 heteroatoms. The van der Waals surface area contributed by atoms with Crippen molar-refractivity contribution >= 4 is 50.3 Å². The number of anilines is 1. The molecule has 7 atom stereocenters. The number of alkyl halides is 3. The lowest BCUT2D eigenvalue weighted by Crippen LogP contribution is -2.59. The minimum absolute atomic E-state index is 0.0433. The second-order valence-electron chi connectivity index (χ2n) is 19.1. The summed E-state index contributed by atoms with van der Waals surface area (Å²) in [5, 5.41) is 6.69. The van der Waals surface area contributed by atoms with Crippen molar-refractivity contribution in [2.24, 2.45) is 17.8 Å². The fourth-order valence-electron chi connectivity index (χ4n) is 8.90. The molecule has 5 aliphatic rings. The standard InChI is InChI=1S/C44H60F3N7O9S/c1-26-10-8-9-11-28-23-43(28,39(57)51-64(59,60)42(5)14-15-42)50-36(55)33-22-30(25-54(33)38(56)35(27(2)20-26)49-40(58)63-41(3,4)44(45,46)47)62-37-31-13-12-29(61-7)21-32(31)34(24-48-37)53-18-16-52(6)17-19-53/h9,11-13,21,24,26-28,30,33,35H,8,10,14-20,22-23,25H2,1-7H3,(H,49,58)(H,50,55)(H,51,57)/b11-9-/t26-,27-,28-,30-,33+,35+,43-/m1/s1. The molecule has 0 unspecified atom stereocenters. The number of halogens is 3. The molecule has 3 N–H and O–H groups in total. The van der Waals surface area contributed by atoms with Crippen LogP contribution < -0.4 is 29.7 Å². The van der Waals surface area contributed by atoms with Crippen LogP contribution in [0.15, 0.2) is 36.5 Å². The number of piperazine rings is 1. The van der Waals surface area contributed by atoms with Gasteiger partial charge in [0, 0.05) is 49.3 Å². The van der Waals surface area contributed by atoms with Crippen LogP contribution in [0.5, 0.6) is 11.6 Å². The number of nitrogens with zero attached hydrogens (tertiary/aromatic N) is 4. The molecule has 2 aromatic rings. The third-order valence-corrected chi connectivity index (χ3v) is 15.9. The molecular weight excluding hydrogens is 860 g/mol. The van der Waals surface area contributed by atoms with Gasteiger partial charge in [-0.2, -0.15) is 13.2 Å². The third-order valence-electron chi connectivity index (χ3n) is 13.7. The molecule has 64 heavy (non-hydrogen) atoms. The van der Waals surface area contributed by atoms with Crippen LogP contribution in [0.4, 0.5) is 23.7 Å². The summed E-state index contributed by atoms with van der Waals surface area (Å²) in [4.78, 5) is 67.4. The molecule has 0 bridgehead atoms. The quantitative estimate of drug-likeness (QED) is 0.296. The predicted octanol–water partition coefficient (Wildman–Crippen LogP) is 4.66. The number of aromatic nitrogens is 1. The van der Waals surface area contributed by atoms with Crippen molar-refractivity contribution in [3.8, 4) is 11.6 Å². The molecular formula is C44H60F3N7O9S. The monoisotopic (exact) mass is 919 g/mol. The van der Waals surface area contributed by atoms with Crippen LogP contribution in [0.25, 0.3) is 10.8 Å². The lowest BCUT2D eigenvalue weighted by Gasteiger charge is -2.34. The van der Waals surface area contributed by atoms with Crippen molar-refractivity contribution in [2.45, 2.75) is 120 Å².